The number of rotatable bonds is 3. The molecule has 0 saturated heterocycles. The van der Waals surface area contributed by atoms with Crippen molar-refractivity contribution in [3.8, 4) is 0 Å². The van der Waals surface area contributed by atoms with Crippen LogP contribution in [0.1, 0.15) is 23.6 Å². The molecule has 0 aliphatic carbocycles. The van der Waals surface area contributed by atoms with Crippen molar-refractivity contribution in [3.63, 3.8) is 0 Å². The van der Waals surface area contributed by atoms with E-state index >= 15 is 0 Å². The highest BCUT2D eigenvalue weighted by molar-refractivity contribution is 9.10. The largest absolute Gasteiger partial charge is 0.257 e. The number of hydrogen-bond donors (Lipinski definition) is 0. The van der Waals surface area contributed by atoms with Gasteiger partial charge in [0.1, 0.15) is 0 Å². The molecule has 26 heavy (non-hydrogen) atoms. The topological polar surface area (TPSA) is 15.6 Å². The summed E-state index contributed by atoms with van der Waals surface area (Å²) in [5.41, 5.74) is 4.19. The van der Waals surface area contributed by atoms with Gasteiger partial charge in [0.15, 0.2) is 0 Å². The van der Waals surface area contributed by atoms with E-state index < -0.39 is 0 Å². The van der Waals surface area contributed by atoms with Gasteiger partial charge < -0.3 is 0 Å². The maximum absolute atomic E-state index is 6.50. The molecule has 0 spiro atoms. The molecule has 1 aliphatic rings. The second-order valence-electron chi connectivity index (χ2n) is 6.12. The van der Waals surface area contributed by atoms with Crippen molar-refractivity contribution >= 4 is 50.5 Å². The number of halogens is 3. The standard InChI is InChI=1S/C21H15BrCl2N2/c22-15-4-3-5-17(12-15)26-21(18-6-1-2-7-19(18)24)13-20(25-26)14-8-10-16(23)11-9-14/h1-12,21H,13H2/t21-/m1/s1. The molecule has 5 heteroatoms. The molecule has 1 atom stereocenters. The summed E-state index contributed by atoms with van der Waals surface area (Å²) >= 11 is 16.1. The summed E-state index contributed by atoms with van der Waals surface area (Å²) in [6, 6.07) is 24.0. The zero-order chi connectivity index (χ0) is 18.1. The molecule has 0 bridgehead atoms. The summed E-state index contributed by atoms with van der Waals surface area (Å²) in [6.45, 7) is 0. The highest BCUT2D eigenvalue weighted by Crippen LogP contribution is 2.39. The van der Waals surface area contributed by atoms with E-state index in [1.54, 1.807) is 0 Å². The second-order valence-corrected chi connectivity index (χ2v) is 7.88. The molecule has 1 aliphatic heterocycles. The van der Waals surface area contributed by atoms with Crippen molar-refractivity contribution in [1.29, 1.82) is 0 Å². The molecular weight excluding hydrogens is 431 g/mol. The lowest BCUT2D eigenvalue weighted by molar-refractivity contribution is 0.709. The number of hydrazone groups is 1. The Kier molecular flexibility index (Phi) is 5.03. The van der Waals surface area contributed by atoms with Gasteiger partial charge in [-0.1, -0.05) is 75.5 Å². The zero-order valence-electron chi connectivity index (χ0n) is 13.7. The maximum Gasteiger partial charge on any atom is 0.0846 e. The quantitative estimate of drug-likeness (QED) is 0.419. The molecular formula is C21H15BrCl2N2. The van der Waals surface area contributed by atoms with Crippen LogP contribution in [0.15, 0.2) is 82.4 Å². The monoisotopic (exact) mass is 444 g/mol. The van der Waals surface area contributed by atoms with Crippen molar-refractivity contribution in [2.75, 3.05) is 5.01 Å². The Morgan fingerprint density at radius 2 is 1.69 bits per heavy atom. The molecule has 3 aromatic rings. The summed E-state index contributed by atoms with van der Waals surface area (Å²) in [5, 5.41) is 8.45. The smallest absolute Gasteiger partial charge is 0.0846 e. The molecule has 2 nitrogen and oxygen atoms in total. The highest BCUT2D eigenvalue weighted by Gasteiger charge is 2.31. The predicted molar refractivity (Wildman–Crippen MR) is 113 cm³/mol. The maximum atomic E-state index is 6.50. The molecule has 0 radical (unpaired) electrons. The average Bonchev–Trinajstić information content (AvgIpc) is 3.08. The van der Waals surface area contributed by atoms with Crippen molar-refractivity contribution in [2.45, 2.75) is 12.5 Å². The van der Waals surface area contributed by atoms with E-state index in [0.717, 1.165) is 43.5 Å². The molecule has 1 heterocycles. The Balaban J connectivity index is 1.78. The zero-order valence-corrected chi connectivity index (χ0v) is 16.8. The Hall–Kier alpha value is -1.81. The van der Waals surface area contributed by atoms with Crippen LogP contribution in [0.25, 0.3) is 0 Å². The number of benzene rings is 3. The number of anilines is 1. The van der Waals surface area contributed by atoms with Gasteiger partial charge in [0.2, 0.25) is 0 Å². The Bertz CT molecular complexity index is 970. The molecule has 130 valence electrons. The molecule has 0 N–H and O–H groups in total. The van der Waals surface area contributed by atoms with Crippen LogP contribution in [0.4, 0.5) is 5.69 Å². The van der Waals surface area contributed by atoms with E-state index in [1.807, 2.05) is 54.6 Å². The van der Waals surface area contributed by atoms with Crippen LogP contribution in [0.5, 0.6) is 0 Å². The predicted octanol–water partition coefficient (Wildman–Crippen LogP) is 7.11. The summed E-state index contributed by atoms with van der Waals surface area (Å²) in [7, 11) is 0. The van der Waals surface area contributed by atoms with Crippen LogP contribution in [0, 0.1) is 0 Å². The fraction of sp³-hybridized carbons (Fsp3) is 0.0952. The van der Waals surface area contributed by atoms with Gasteiger partial charge in [-0.2, -0.15) is 5.10 Å². The van der Waals surface area contributed by atoms with E-state index in [4.69, 9.17) is 28.3 Å². The van der Waals surface area contributed by atoms with E-state index in [0.29, 0.717) is 0 Å². The van der Waals surface area contributed by atoms with Gasteiger partial charge in [-0.25, -0.2) is 0 Å². The lowest BCUT2D eigenvalue weighted by Gasteiger charge is -2.24. The van der Waals surface area contributed by atoms with Crippen LogP contribution in [0.3, 0.4) is 0 Å². The van der Waals surface area contributed by atoms with Crippen molar-refractivity contribution < 1.29 is 0 Å². The third-order valence-electron chi connectivity index (χ3n) is 4.42. The third kappa shape index (κ3) is 3.52. The van der Waals surface area contributed by atoms with Gasteiger partial charge in [-0.15, -0.1) is 0 Å². The van der Waals surface area contributed by atoms with E-state index in [-0.39, 0.29) is 6.04 Å². The second kappa shape index (κ2) is 7.43. The first-order chi connectivity index (χ1) is 12.6. The van der Waals surface area contributed by atoms with E-state index in [9.17, 15) is 0 Å². The van der Waals surface area contributed by atoms with Crippen LogP contribution >= 0.6 is 39.1 Å². The minimum Gasteiger partial charge on any atom is -0.257 e. The lowest BCUT2D eigenvalue weighted by Crippen LogP contribution is -2.18. The van der Waals surface area contributed by atoms with Gasteiger partial charge in [0.25, 0.3) is 0 Å². The molecule has 0 amide bonds. The number of nitrogens with zero attached hydrogens (tertiary/aromatic N) is 2. The lowest BCUT2D eigenvalue weighted by atomic mass is 9.98. The fourth-order valence-electron chi connectivity index (χ4n) is 3.17. The minimum absolute atomic E-state index is 0.0451. The summed E-state index contributed by atoms with van der Waals surface area (Å²) in [4.78, 5) is 0. The molecule has 4 rings (SSSR count). The van der Waals surface area contributed by atoms with E-state index in [2.05, 4.69) is 39.1 Å². The van der Waals surface area contributed by atoms with Gasteiger partial charge in [-0.3, -0.25) is 5.01 Å². The van der Waals surface area contributed by atoms with Crippen molar-refractivity contribution in [3.05, 3.63) is 98.4 Å². The van der Waals surface area contributed by atoms with Gasteiger partial charge in [-0.05, 0) is 47.5 Å². The minimum atomic E-state index is 0.0451. The normalized spacial score (nSPS) is 16.7. The Labute approximate surface area is 171 Å². The molecule has 0 aromatic heterocycles. The van der Waals surface area contributed by atoms with Crippen LogP contribution < -0.4 is 5.01 Å². The molecule has 0 fully saturated rings. The van der Waals surface area contributed by atoms with Gasteiger partial charge >= 0.3 is 0 Å². The van der Waals surface area contributed by atoms with Crippen molar-refractivity contribution in [1.82, 2.24) is 0 Å². The first-order valence-electron chi connectivity index (χ1n) is 8.24. The SMILES string of the molecule is Clc1ccc(C2=NN(c3cccc(Br)c3)[C@@H](c3ccccc3Cl)C2)cc1. The van der Waals surface area contributed by atoms with E-state index in [1.165, 1.54) is 0 Å². The highest BCUT2D eigenvalue weighted by atomic mass is 79.9. The van der Waals surface area contributed by atoms with Crippen LogP contribution in [-0.2, 0) is 0 Å². The Morgan fingerprint density at radius 3 is 2.42 bits per heavy atom. The average molecular weight is 446 g/mol. The molecule has 0 unspecified atom stereocenters. The van der Waals surface area contributed by atoms with Crippen molar-refractivity contribution in [2.24, 2.45) is 5.10 Å². The number of hydrogen-bond acceptors (Lipinski definition) is 2. The van der Waals surface area contributed by atoms with Crippen LogP contribution in [-0.4, -0.2) is 5.71 Å². The fourth-order valence-corrected chi connectivity index (χ4v) is 3.95. The van der Waals surface area contributed by atoms with Gasteiger partial charge in [0.05, 0.1) is 17.4 Å². The first kappa shape index (κ1) is 17.6. The summed E-state index contributed by atoms with van der Waals surface area (Å²) in [6.07, 6.45) is 0.776. The van der Waals surface area contributed by atoms with Crippen LogP contribution in [0.2, 0.25) is 10.0 Å². The summed E-state index contributed by atoms with van der Waals surface area (Å²) in [5.74, 6) is 0. The van der Waals surface area contributed by atoms with Gasteiger partial charge in [0, 0.05) is 20.9 Å². The summed E-state index contributed by atoms with van der Waals surface area (Å²) < 4.78 is 1.02. The first-order valence-corrected chi connectivity index (χ1v) is 9.79. The Morgan fingerprint density at radius 1 is 0.923 bits per heavy atom. The third-order valence-corrected chi connectivity index (χ3v) is 5.51. The molecule has 3 aromatic carbocycles. The molecule has 0 saturated carbocycles.